The zero-order valence-electron chi connectivity index (χ0n) is 10.9. The fourth-order valence-corrected chi connectivity index (χ4v) is 4.06. The molecule has 6 heteroatoms. The molecule has 0 saturated heterocycles. The molecule has 0 spiro atoms. The summed E-state index contributed by atoms with van der Waals surface area (Å²) in [5.74, 6) is -0.581. The van der Waals surface area contributed by atoms with Gasteiger partial charge in [0.1, 0.15) is 10.7 Å². The second-order valence-corrected chi connectivity index (χ2v) is 6.77. The first-order valence-corrected chi connectivity index (χ1v) is 7.91. The van der Waals surface area contributed by atoms with E-state index in [9.17, 15) is 12.8 Å². The maximum absolute atomic E-state index is 13.7. The van der Waals surface area contributed by atoms with Crippen molar-refractivity contribution in [1.29, 1.82) is 0 Å². The van der Waals surface area contributed by atoms with Crippen molar-refractivity contribution >= 4 is 10.0 Å². The molecule has 4 nitrogen and oxygen atoms in total. The van der Waals surface area contributed by atoms with Gasteiger partial charge in [0.2, 0.25) is 10.0 Å². The Hall–Kier alpha value is -0.980. The van der Waals surface area contributed by atoms with Gasteiger partial charge < -0.3 is 5.73 Å². The molecule has 19 heavy (non-hydrogen) atoms. The molecule has 0 aliphatic heterocycles. The Balaban J connectivity index is 2.25. The van der Waals surface area contributed by atoms with Gasteiger partial charge in [-0.2, -0.15) is 0 Å². The topological polar surface area (TPSA) is 72.2 Å². The molecular weight excluding hydrogens is 267 g/mol. The van der Waals surface area contributed by atoms with Crippen LogP contribution in [0.3, 0.4) is 0 Å². The Kier molecular flexibility index (Phi) is 4.23. The van der Waals surface area contributed by atoms with Gasteiger partial charge in [-0.15, -0.1) is 0 Å². The van der Waals surface area contributed by atoms with Crippen molar-refractivity contribution in [2.24, 2.45) is 11.7 Å². The van der Waals surface area contributed by atoms with E-state index in [0.29, 0.717) is 12.1 Å². The molecule has 0 aromatic heterocycles. The van der Waals surface area contributed by atoms with Gasteiger partial charge in [0.15, 0.2) is 0 Å². The number of hydrogen-bond acceptors (Lipinski definition) is 3. The summed E-state index contributed by atoms with van der Waals surface area (Å²) in [6.45, 7) is 2.18. The predicted molar refractivity (Wildman–Crippen MR) is 71.6 cm³/mol. The van der Waals surface area contributed by atoms with Crippen LogP contribution in [0.4, 0.5) is 4.39 Å². The van der Waals surface area contributed by atoms with Crippen LogP contribution in [-0.2, 0) is 10.0 Å². The molecule has 0 unspecified atom stereocenters. The van der Waals surface area contributed by atoms with Crippen molar-refractivity contribution in [3.63, 3.8) is 0 Å². The quantitative estimate of drug-likeness (QED) is 0.882. The number of benzene rings is 1. The Morgan fingerprint density at radius 1 is 1.42 bits per heavy atom. The van der Waals surface area contributed by atoms with Gasteiger partial charge in [-0.25, -0.2) is 17.5 Å². The maximum Gasteiger partial charge on any atom is 0.243 e. The molecule has 1 fully saturated rings. The third kappa shape index (κ3) is 3.13. The maximum atomic E-state index is 13.7. The molecule has 1 aliphatic carbocycles. The summed E-state index contributed by atoms with van der Waals surface area (Å²) in [5.41, 5.74) is 6.34. The van der Waals surface area contributed by atoms with Crippen molar-refractivity contribution < 1.29 is 12.8 Å². The highest BCUT2D eigenvalue weighted by Crippen LogP contribution is 2.26. The number of nitrogens with one attached hydrogen (secondary N) is 1. The standard InChI is InChI=1S/C13H19FN2O2S/c1-9-5-6-11(14)13(7-9)19(17,18)16-12-4-2-3-10(12)8-15/h5-7,10,12,16H,2-4,8,15H2,1H3/t10-,12-/m0/s1. The number of hydrogen-bond donors (Lipinski definition) is 2. The van der Waals surface area contributed by atoms with Crippen molar-refractivity contribution in [1.82, 2.24) is 4.72 Å². The van der Waals surface area contributed by atoms with Gasteiger partial charge in [0.05, 0.1) is 0 Å². The first-order chi connectivity index (χ1) is 8.94. The van der Waals surface area contributed by atoms with E-state index < -0.39 is 15.8 Å². The minimum atomic E-state index is -3.82. The fourth-order valence-electron chi connectivity index (χ4n) is 2.55. The van der Waals surface area contributed by atoms with Gasteiger partial charge in [0.25, 0.3) is 0 Å². The number of nitrogens with two attached hydrogens (primary N) is 1. The van der Waals surface area contributed by atoms with Crippen LogP contribution in [0.1, 0.15) is 24.8 Å². The lowest BCUT2D eigenvalue weighted by molar-refractivity contribution is 0.451. The third-order valence-corrected chi connectivity index (χ3v) is 5.15. The number of halogens is 1. The van der Waals surface area contributed by atoms with E-state index in [2.05, 4.69) is 4.72 Å². The normalized spacial score (nSPS) is 23.7. The molecule has 106 valence electrons. The van der Waals surface area contributed by atoms with Crippen LogP contribution in [0, 0.1) is 18.7 Å². The number of aryl methyl sites for hydroxylation is 1. The second kappa shape index (κ2) is 5.56. The monoisotopic (exact) mass is 286 g/mol. The molecule has 3 N–H and O–H groups in total. The lowest BCUT2D eigenvalue weighted by Crippen LogP contribution is -2.40. The van der Waals surface area contributed by atoms with Crippen molar-refractivity contribution in [2.75, 3.05) is 6.54 Å². The highest BCUT2D eigenvalue weighted by atomic mass is 32.2. The Morgan fingerprint density at radius 3 is 2.84 bits per heavy atom. The molecule has 0 heterocycles. The first-order valence-electron chi connectivity index (χ1n) is 6.42. The Labute approximate surface area is 113 Å². The van der Waals surface area contributed by atoms with Crippen LogP contribution in [-0.4, -0.2) is 21.0 Å². The summed E-state index contributed by atoms with van der Waals surface area (Å²) in [7, 11) is -3.82. The van der Waals surface area contributed by atoms with E-state index in [0.717, 1.165) is 19.3 Å². The summed E-state index contributed by atoms with van der Waals surface area (Å²) in [5, 5.41) is 0. The Bertz CT molecular complexity index is 560. The van der Waals surface area contributed by atoms with Crippen LogP contribution >= 0.6 is 0 Å². The molecule has 0 radical (unpaired) electrons. The summed E-state index contributed by atoms with van der Waals surface area (Å²) < 4.78 is 40.7. The summed E-state index contributed by atoms with van der Waals surface area (Å²) in [6, 6.07) is 3.89. The van der Waals surface area contributed by atoms with E-state index in [1.807, 2.05) is 0 Å². The van der Waals surface area contributed by atoms with Gasteiger partial charge in [-0.3, -0.25) is 0 Å². The van der Waals surface area contributed by atoms with E-state index in [-0.39, 0.29) is 16.9 Å². The molecule has 0 amide bonds. The lowest BCUT2D eigenvalue weighted by Gasteiger charge is -2.19. The van der Waals surface area contributed by atoms with Crippen LogP contribution in [0.15, 0.2) is 23.1 Å². The minimum Gasteiger partial charge on any atom is -0.330 e. The zero-order chi connectivity index (χ0) is 14.0. The van der Waals surface area contributed by atoms with Crippen molar-refractivity contribution in [2.45, 2.75) is 37.1 Å². The Morgan fingerprint density at radius 2 is 2.16 bits per heavy atom. The second-order valence-electron chi connectivity index (χ2n) is 5.09. The van der Waals surface area contributed by atoms with E-state index >= 15 is 0 Å². The largest absolute Gasteiger partial charge is 0.330 e. The molecule has 1 aromatic rings. The van der Waals surface area contributed by atoms with Crippen LogP contribution < -0.4 is 10.5 Å². The van der Waals surface area contributed by atoms with Crippen LogP contribution in [0.25, 0.3) is 0 Å². The highest BCUT2D eigenvalue weighted by molar-refractivity contribution is 7.89. The van der Waals surface area contributed by atoms with Crippen LogP contribution in [0.5, 0.6) is 0 Å². The summed E-state index contributed by atoms with van der Waals surface area (Å²) in [6.07, 6.45) is 2.62. The number of rotatable bonds is 4. The smallest absolute Gasteiger partial charge is 0.243 e. The molecule has 1 aliphatic rings. The molecule has 2 rings (SSSR count). The van der Waals surface area contributed by atoms with Crippen molar-refractivity contribution in [3.05, 3.63) is 29.6 Å². The average molecular weight is 286 g/mol. The van der Waals surface area contributed by atoms with Gasteiger partial charge in [-0.05, 0) is 49.9 Å². The molecule has 2 atom stereocenters. The summed E-state index contributed by atoms with van der Waals surface area (Å²) >= 11 is 0. The van der Waals surface area contributed by atoms with Crippen LogP contribution in [0.2, 0.25) is 0 Å². The predicted octanol–water partition coefficient (Wildman–Crippen LogP) is 1.54. The van der Waals surface area contributed by atoms with Crippen molar-refractivity contribution in [3.8, 4) is 0 Å². The average Bonchev–Trinajstić information content (AvgIpc) is 2.78. The molecular formula is C13H19FN2O2S. The summed E-state index contributed by atoms with van der Waals surface area (Å²) in [4.78, 5) is -0.282. The van der Waals surface area contributed by atoms with E-state index in [1.165, 1.54) is 12.1 Å². The van der Waals surface area contributed by atoms with Gasteiger partial charge in [-0.1, -0.05) is 12.5 Å². The molecule has 1 saturated carbocycles. The fraction of sp³-hybridized carbons (Fsp3) is 0.538. The lowest BCUT2D eigenvalue weighted by atomic mass is 10.1. The third-order valence-electron chi connectivity index (χ3n) is 3.64. The van der Waals surface area contributed by atoms with Gasteiger partial charge >= 0.3 is 0 Å². The molecule has 0 bridgehead atoms. The van der Waals surface area contributed by atoms with E-state index in [1.54, 1.807) is 13.0 Å². The SMILES string of the molecule is Cc1ccc(F)c(S(=O)(=O)N[C@H]2CCC[C@H]2CN)c1. The van der Waals surface area contributed by atoms with Gasteiger partial charge in [0, 0.05) is 6.04 Å². The minimum absolute atomic E-state index is 0.141. The zero-order valence-corrected chi connectivity index (χ0v) is 11.7. The van der Waals surface area contributed by atoms with E-state index in [4.69, 9.17) is 5.73 Å². The number of sulfonamides is 1. The first kappa shape index (κ1) is 14.4. The highest BCUT2D eigenvalue weighted by Gasteiger charge is 2.31. The molecule has 1 aromatic carbocycles.